The summed E-state index contributed by atoms with van der Waals surface area (Å²) in [6.07, 6.45) is 9.80. The van der Waals surface area contributed by atoms with Crippen molar-refractivity contribution in [3.8, 4) is 69.0 Å². The molecule has 6 aromatic carbocycles. The molecule has 0 aliphatic carbocycles. The number of aromatic hydroxyl groups is 4. The number of carbonyl (C=O) groups excluding carboxylic acids is 1. The number of halogens is 1. The maximum Gasteiger partial charge on any atom is 1.00 e. The van der Waals surface area contributed by atoms with E-state index in [1.54, 1.807) is 115 Å². The molecule has 0 aromatic heterocycles. The van der Waals surface area contributed by atoms with Crippen molar-refractivity contribution in [2.24, 2.45) is 0 Å². The Morgan fingerprint density at radius 3 is 1.00 bits per heavy atom. The van der Waals surface area contributed by atoms with Gasteiger partial charge >= 0.3 is 103 Å². The Balaban J connectivity index is 0. The van der Waals surface area contributed by atoms with Crippen LogP contribution in [0.4, 0.5) is 0 Å². The van der Waals surface area contributed by atoms with Gasteiger partial charge in [-0.25, -0.2) is 0 Å². The van der Waals surface area contributed by atoms with E-state index < -0.39 is 0 Å². The molecule has 0 aliphatic heterocycles. The van der Waals surface area contributed by atoms with Crippen LogP contribution in [0.15, 0.2) is 197 Å². The van der Waals surface area contributed by atoms with Crippen LogP contribution in [0, 0.1) is 0 Å². The van der Waals surface area contributed by atoms with Gasteiger partial charge in [0.05, 0.1) is 0 Å². The fourth-order valence-electron chi connectivity index (χ4n) is 4.84. The molecule has 6 aromatic rings. The number of rotatable bonds is 18. The Hall–Kier alpha value is -4.60. The van der Waals surface area contributed by atoms with Gasteiger partial charge in [0.1, 0.15) is 82.2 Å². The van der Waals surface area contributed by atoms with Crippen LogP contribution in [-0.4, -0.2) is 45.4 Å². The van der Waals surface area contributed by atoms with Gasteiger partial charge in [0.25, 0.3) is 6.47 Å². The average Bonchev–Trinajstić information content (AvgIpc) is 3.33. The van der Waals surface area contributed by atoms with Gasteiger partial charge in [-0.3, -0.25) is 4.79 Å². The number of alkyl halides is 1. The van der Waals surface area contributed by atoms with E-state index in [4.69, 9.17) is 43.9 Å². The number of benzene rings is 6. The molecule has 0 saturated heterocycles. The predicted molar refractivity (Wildman–Crippen MR) is 257 cm³/mol. The predicted octanol–water partition coefficient (Wildman–Crippen LogP) is 5.97. The SMILES string of the molecule is C=CCBr.C=CCOc1ccc(Oc2ccc(OCC=C)cc2)cc1.C=CCc1cc(Oc2ccc(O)c(CC=C)c2)ccc1O.O=CO[O-].Oc1ccc(Oc2ccc(O)cc2)cc1.[H-].[K+].[K+]. The molecule has 0 spiro atoms. The van der Waals surface area contributed by atoms with E-state index >= 15 is 0 Å². The van der Waals surface area contributed by atoms with E-state index in [-0.39, 0.29) is 134 Å². The zero-order chi connectivity index (χ0) is 47.7. The number of allylic oxidation sites excluding steroid dienone is 3. The van der Waals surface area contributed by atoms with Crippen molar-refractivity contribution < 1.29 is 163 Å². The van der Waals surface area contributed by atoms with Crippen molar-refractivity contribution in [2.45, 2.75) is 12.8 Å². The maximum absolute atomic E-state index is 9.74. The van der Waals surface area contributed by atoms with Crippen molar-refractivity contribution in [3.05, 3.63) is 208 Å². The number of carbonyl (C=O) groups is 1. The van der Waals surface area contributed by atoms with Crippen molar-refractivity contribution in [1.29, 1.82) is 0 Å². The second-order valence-corrected chi connectivity index (χ2v) is 13.3. The summed E-state index contributed by atoms with van der Waals surface area (Å²) in [6, 6.07) is 37.9. The molecule has 0 radical (unpaired) electrons. The molecular formula is C52H53BrK2O12. The third-order valence-corrected chi connectivity index (χ3v) is 8.20. The van der Waals surface area contributed by atoms with Gasteiger partial charge in [0.2, 0.25) is 0 Å². The number of phenolic OH excluding ortho intramolecular Hbond substituents is 4. The Morgan fingerprint density at radius 1 is 0.463 bits per heavy atom. The number of phenols is 4. The van der Waals surface area contributed by atoms with E-state index in [1.165, 1.54) is 0 Å². The van der Waals surface area contributed by atoms with Gasteiger partial charge < -0.3 is 55.7 Å². The first kappa shape index (κ1) is 62.4. The van der Waals surface area contributed by atoms with Crippen LogP contribution in [0.25, 0.3) is 0 Å². The van der Waals surface area contributed by atoms with Crippen LogP contribution in [0.1, 0.15) is 12.6 Å². The molecule has 6 rings (SSSR count). The Labute approximate surface area is 487 Å². The number of hydrogen-bond donors (Lipinski definition) is 4. The monoisotopic (exact) mass is 1030 g/mol. The standard InChI is InChI=1S/2C18H18O3.C12H10O3.C3H5Br.CH2O3.2K.H/c1-3-13-19-15-5-9-17(10-6-15)21-18-11-7-16(8-12-18)20-14-4-2;1-3-5-13-11-15(7-9-17(13)19)21-16-8-10-18(20)14(12-16)6-4-2;13-9-1-5-11(6-2-9)15-12-7-3-10(14)4-8-12;1-2-3-4;2-1-4-3;;;/h3-12H,1-2,13-14H2;3-4,7-12,19-20H,1-2,5-6H2;1-8,13-14H;2H,1,3H2;1,3H;;;/q;;;;;2*+1;-1/p-1. The van der Waals surface area contributed by atoms with Gasteiger partial charge in [-0.1, -0.05) is 59.5 Å². The van der Waals surface area contributed by atoms with Gasteiger partial charge in [-0.2, -0.15) is 0 Å². The van der Waals surface area contributed by atoms with Crippen molar-refractivity contribution in [3.63, 3.8) is 0 Å². The summed E-state index contributed by atoms with van der Waals surface area (Å²) < 4.78 is 27.8. The average molecular weight is 1030 g/mol. The molecule has 15 heteroatoms. The minimum Gasteiger partial charge on any atom is -1.00 e. The smallest absolute Gasteiger partial charge is 1.00 e. The molecule has 12 nitrogen and oxygen atoms in total. The maximum atomic E-state index is 9.74. The molecule has 0 unspecified atom stereocenters. The molecule has 0 aliphatic rings. The molecule has 4 N–H and O–H groups in total. The molecule has 0 amide bonds. The molecule has 0 bridgehead atoms. The van der Waals surface area contributed by atoms with Crippen LogP contribution in [0.3, 0.4) is 0 Å². The Morgan fingerprint density at radius 2 is 0.731 bits per heavy atom. The van der Waals surface area contributed by atoms with E-state index in [9.17, 15) is 10.2 Å². The van der Waals surface area contributed by atoms with Crippen LogP contribution in [0.2, 0.25) is 0 Å². The van der Waals surface area contributed by atoms with Gasteiger partial charge in [-0.15, -0.1) is 19.7 Å². The van der Waals surface area contributed by atoms with Gasteiger partial charge in [-0.05, 0) is 146 Å². The third-order valence-electron chi connectivity index (χ3n) is 7.74. The summed E-state index contributed by atoms with van der Waals surface area (Å²) in [5.74, 6) is 6.45. The quantitative estimate of drug-likeness (QED) is 0.0199. The zero-order valence-electron chi connectivity index (χ0n) is 38.7. The molecule has 0 atom stereocenters. The van der Waals surface area contributed by atoms with E-state index in [0.29, 0.717) is 49.1 Å². The van der Waals surface area contributed by atoms with Crippen molar-refractivity contribution in [1.82, 2.24) is 0 Å². The molecule has 0 fully saturated rings. The fourth-order valence-corrected chi connectivity index (χ4v) is 4.84. The second-order valence-electron chi connectivity index (χ2n) is 12.6. The topological polar surface area (TPSA) is 176 Å². The summed E-state index contributed by atoms with van der Waals surface area (Å²) >= 11 is 3.13. The third kappa shape index (κ3) is 27.1. The minimum absolute atomic E-state index is 0. The molecular weight excluding hydrogens is 975 g/mol. The summed E-state index contributed by atoms with van der Waals surface area (Å²) in [7, 11) is 0. The first-order valence-corrected chi connectivity index (χ1v) is 20.7. The van der Waals surface area contributed by atoms with E-state index in [2.05, 4.69) is 53.7 Å². The summed E-state index contributed by atoms with van der Waals surface area (Å²) in [4.78, 5) is 11.2. The summed E-state index contributed by atoms with van der Waals surface area (Å²) in [6.45, 7) is 18.8. The molecule has 0 heterocycles. The Bertz CT molecular complexity index is 2170. The minimum atomic E-state index is -0.181. The summed E-state index contributed by atoms with van der Waals surface area (Å²) in [5.41, 5.74) is 1.51. The number of ether oxygens (including phenoxy) is 5. The first-order valence-electron chi connectivity index (χ1n) is 19.6. The van der Waals surface area contributed by atoms with Crippen LogP contribution < -0.4 is 132 Å². The molecule has 67 heavy (non-hydrogen) atoms. The van der Waals surface area contributed by atoms with Gasteiger partial charge in [0.15, 0.2) is 0 Å². The zero-order valence-corrected chi connectivity index (χ0v) is 45.5. The van der Waals surface area contributed by atoms with E-state index in [0.717, 1.165) is 39.5 Å². The Kier molecular flexibility index (Phi) is 35.7. The largest absolute Gasteiger partial charge is 1.00 e. The second kappa shape index (κ2) is 38.4. The molecule has 0 saturated carbocycles. The van der Waals surface area contributed by atoms with E-state index in [1.807, 2.05) is 48.5 Å². The number of hydrogen-bond acceptors (Lipinski definition) is 12. The van der Waals surface area contributed by atoms with Crippen molar-refractivity contribution in [2.75, 3.05) is 18.5 Å². The fraction of sp³-hybridized carbons (Fsp3) is 0.0962. The summed E-state index contributed by atoms with van der Waals surface area (Å²) in [5, 5.41) is 46.9. The van der Waals surface area contributed by atoms with Gasteiger partial charge in [0, 0.05) is 16.5 Å². The first-order chi connectivity index (χ1) is 31.5. The normalized spacial score (nSPS) is 9.10. The van der Waals surface area contributed by atoms with Crippen LogP contribution in [0.5, 0.6) is 69.0 Å². The van der Waals surface area contributed by atoms with Crippen LogP contribution in [-0.2, 0) is 22.5 Å². The van der Waals surface area contributed by atoms with Crippen LogP contribution >= 0.6 is 15.9 Å². The molecule has 342 valence electrons. The van der Waals surface area contributed by atoms with Crippen molar-refractivity contribution >= 4 is 22.4 Å².